The van der Waals surface area contributed by atoms with Gasteiger partial charge in [-0.1, -0.05) is 37.6 Å². The highest BCUT2D eigenvalue weighted by atomic mass is 35.5. The number of aliphatic carboxylic acids is 1. The van der Waals surface area contributed by atoms with Crippen LogP contribution in [-0.4, -0.2) is 34.7 Å². The number of halogens is 1. The lowest BCUT2D eigenvalue weighted by atomic mass is 9.78. The zero-order valence-electron chi connectivity index (χ0n) is 17.1. The highest BCUT2D eigenvalue weighted by Gasteiger charge is 2.39. The molecule has 0 unspecified atom stereocenters. The highest BCUT2D eigenvalue weighted by Crippen LogP contribution is 2.38. The zero-order chi connectivity index (χ0) is 21.1. The molecule has 0 spiro atoms. The van der Waals surface area contributed by atoms with Gasteiger partial charge in [0.1, 0.15) is 0 Å². The number of urea groups is 1. The number of amides is 2. The van der Waals surface area contributed by atoms with Crippen molar-refractivity contribution in [3.63, 3.8) is 0 Å². The van der Waals surface area contributed by atoms with Crippen LogP contribution in [0.2, 0.25) is 5.02 Å². The summed E-state index contributed by atoms with van der Waals surface area (Å²) in [6.45, 7) is 10.5. The molecule has 1 atom stereocenters. The molecule has 1 aliphatic heterocycles. The molecular weight excluding hydrogens is 380 g/mol. The molecule has 0 saturated carbocycles. The number of hydrogen-bond acceptors (Lipinski definition) is 3. The summed E-state index contributed by atoms with van der Waals surface area (Å²) in [5, 5.41) is 12.6. The van der Waals surface area contributed by atoms with E-state index in [1.165, 1.54) is 4.90 Å². The van der Waals surface area contributed by atoms with Crippen molar-refractivity contribution in [2.75, 3.05) is 6.54 Å². The van der Waals surface area contributed by atoms with Gasteiger partial charge in [0, 0.05) is 17.8 Å². The zero-order valence-corrected chi connectivity index (χ0v) is 17.8. The molecule has 0 bridgehead atoms. The largest absolute Gasteiger partial charge is 0.481 e. The van der Waals surface area contributed by atoms with E-state index in [2.05, 4.69) is 5.32 Å². The molecule has 0 radical (unpaired) electrons. The summed E-state index contributed by atoms with van der Waals surface area (Å²) in [6, 6.07) is 5.42. The molecule has 6 nitrogen and oxygen atoms in total. The van der Waals surface area contributed by atoms with Crippen LogP contribution in [0.5, 0.6) is 0 Å². The number of nitrogens with zero attached hydrogens (tertiary/aromatic N) is 1. The van der Waals surface area contributed by atoms with Crippen molar-refractivity contribution < 1.29 is 19.4 Å². The Balaban J connectivity index is 2.36. The minimum Gasteiger partial charge on any atom is -0.481 e. The molecule has 2 amide bonds. The SMILES string of the molecule is CC(C)OCc1ccc([C@]2(C)NC(=O)N(CCC(=O)O)C=C2C(C)C)cc1Cl. The van der Waals surface area contributed by atoms with Gasteiger partial charge in [-0.2, -0.15) is 0 Å². The molecule has 0 saturated heterocycles. The van der Waals surface area contributed by atoms with E-state index in [0.29, 0.717) is 11.6 Å². The first-order valence-corrected chi connectivity index (χ1v) is 9.85. The van der Waals surface area contributed by atoms with Crippen LogP contribution in [0.25, 0.3) is 0 Å². The molecule has 0 aliphatic carbocycles. The van der Waals surface area contributed by atoms with E-state index < -0.39 is 11.5 Å². The Kier molecular flexibility index (Phi) is 7.12. The van der Waals surface area contributed by atoms with Crippen molar-refractivity contribution in [1.82, 2.24) is 10.2 Å². The predicted molar refractivity (Wildman–Crippen MR) is 109 cm³/mol. The van der Waals surface area contributed by atoms with Gasteiger partial charge < -0.3 is 20.1 Å². The fourth-order valence-corrected chi connectivity index (χ4v) is 3.53. The summed E-state index contributed by atoms with van der Waals surface area (Å²) in [5.74, 6) is -0.799. The van der Waals surface area contributed by atoms with Crippen molar-refractivity contribution in [3.05, 3.63) is 46.1 Å². The molecule has 2 N–H and O–H groups in total. The fraction of sp³-hybridized carbons (Fsp3) is 0.524. The lowest BCUT2D eigenvalue weighted by Crippen LogP contribution is -2.55. The van der Waals surface area contributed by atoms with Crippen molar-refractivity contribution in [3.8, 4) is 0 Å². The first kappa shape index (κ1) is 22.2. The molecule has 7 heteroatoms. The Morgan fingerprint density at radius 3 is 2.54 bits per heavy atom. The van der Waals surface area contributed by atoms with E-state index in [1.54, 1.807) is 6.20 Å². The number of carboxylic acid groups (broad SMARTS) is 1. The number of ether oxygens (including phenoxy) is 1. The third-order valence-corrected chi connectivity index (χ3v) is 5.23. The summed E-state index contributed by atoms with van der Waals surface area (Å²) >= 11 is 6.48. The van der Waals surface area contributed by atoms with Crippen LogP contribution in [0.1, 0.15) is 52.2 Å². The molecular formula is C21H29ClN2O4. The van der Waals surface area contributed by atoms with Gasteiger partial charge in [0.2, 0.25) is 0 Å². The predicted octanol–water partition coefficient (Wildman–Crippen LogP) is 4.52. The molecule has 1 aromatic rings. The molecule has 0 fully saturated rings. The lowest BCUT2D eigenvalue weighted by molar-refractivity contribution is -0.137. The third kappa shape index (κ3) is 5.06. The number of benzene rings is 1. The lowest BCUT2D eigenvalue weighted by Gasteiger charge is -2.42. The monoisotopic (exact) mass is 408 g/mol. The summed E-state index contributed by atoms with van der Waals surface area (Å²) in [6.07, 6.45) is 1.77. The van der Waals surface area contributed by atoms with E-state index in [-0.39, 0.29) is 31.0 Å². The minimum atomic E-state index is -0.938. The van der Waals surface area contributed by atoms with E-state index in [1.807, 2.05) is 52.8 Å². The quantitative estimate of drug-likeness (QED) is 0.662. The first-order valence-electron chi connectivity index (χ1n) is 9.48. The molecule has 1 aromatic carbocycles. The Labute approximate surface area is 171 Å². The van der Waals surface area contributed by atoms with Crippen molar-refractivity contribution in [2.24, 2.45) is 5.92 Å². The molecule has 28 heavy (non-hydrogen) atoms. The number of carboxylic acids is 1. The van der Waals surface area contributed by atoms with E-state index >= 15 is 0 Å². The van der Waals surface area contributed by atoms with Crippen LogP contribution >= 0.6 is 11.6 Å². The second kappa shape index (κ2) is 8.97. The maximum Gasteiger partial charge on any atom is 0.322 e. The molecule has 2 rings (SSSR count). The van der Waals surface area contributed by atoms with Crippen LogP contribution in [-0.2, 0) is 21.7 Å². The van der Waals surface area contributed by atoms with Crippen LogP contribution in [0.3, 0.4) is 0 Å². The number of carbonyl (C=O) groups excluding carboxylic acids is 1. The summed E-state index contributed by atoms with van der Waals surface area (Å²) in [4.78, 5) is 24.9. The smallest absolute Gasteiger partial charge is 0.322 e. The van der Waals surface area contributed by atoms with Gasteiger partial charge in [0.05, 0.1) is 24.7 Å². The van der Waals surface area contributed by atoms with Crippen molar-refractivity contribution >= 4 is 23.6 Å². The first-order chi connectivity index (χ1) is 13.0. The van der Waals surface area contributed by atoms with Gasteiger partial charge in [-0.25, -0.2) is 4.79 Å². The fourth-order valence-electron chi connectivity index (χ4n) is 3.29. The van der Waals surface area contributed by atoms with Crippen LogP contribution < -0.4 is 5.32 Å². The van der Waals surface area contributed by atoms with Gasteiger partial charge in [-0.15, -0.1) is 0 Å². The number of carbonyl (C=O) groups is 2. The number of nitrogens with one attached hydrogen (secondary N) is 1. The average molecular weight is 409 g/mol. The van der Waals surface area contributed by atoms with Crippen LogP contribution in [0.4, 0.5) is 4.79 Å². The van der Waals surface area contributed by atoms with Crippen LogP contribution in [0.15, 0.2) is 30.0 Å². The third-order valence-electron chi connectivity index (χ3n) is 4.88. The van der Waals surface area contributed by atoms with E-state index in [0.717, 1.165) is 16.7 Å². The summed E-state index contributed by atoms with van der Waals surface area (Å²) < 4.78 is 5.64. The van der Waals surface area contributed by atoms with Crippen molar-refractivity contribution in [1.29, 1.82) is 0 Å². The maximum atomic E-state index is 12.6. The Hall–Kier alpha value is -2.05. The van der Waals surface area contributed by atoms with Gasteiger partial charge >= 0.3 is 12.0 Å². The van der Waals surface area contributed by atoms with E-state index in [4.69, 9.17) is 21.4 Å². The topological polar surface area (TPSA) is 78.9 Å². The van der Waals surface area contributed by atoms with Gasteiger partial charge in [-0.05, 0) is 49.5 Å². The second-order valence-corrected chi connectivity index (χ2v) is 8.20. The standard InChI is InChI=1S/C21H29ClN2O4/c1-13(2)17-11-24(9-8-19(25)26)20(27)23-21(17,5)16-7-6-15(18(22)10-16)12-28-14(3)4/h6-7,10-11,13-14H,8-9,12H2,1-5H3,(H,23,27)(H,25,26)/t21-/m0/s1. The minimum absolute atomic E-state index is 0.109. The Morgan fingerprint density at radius 2 is 2.00 bits per heavy atom. The van der Waals surface area contributed by atoms with Crippen molar-refractivity contribution in [2.45, 2.75) is 59.3 Å². The average Bonchev–Trinajstić information content (AvgIpc) is 2.59. The molecule has 1 heterocycles. The molecule has 0 aromatic heterocycles. The van der Waals surface area contributed by atoms with Crippen LogP contribution in [0, 0.1) is 5.92 Å². The number of hydrogen-bond donors (Lipinski definition) is 2. The second-order valence-electron chi connectivity index (χ2n) is 7.80. The number of rotatable bonds is 8. The van der Waals surface area contributed by atoms with Gasteiger partial charge in [0.25, 0.3) is 0 Å². The Morgan fingerprint density at radius 1 is 1.32 bits per heavy atom. The van der Waals surface area contributed by atoms with E-state index in [9.17, 15) is 9.59 Å². The molecule has 154 valence electrons. The summed E-state index contributed by atoms with van der Waals surface area (Å²) in [5.41, 5.74) is 2.02. The highest BCUT2D eigenvalue weighted by molar-refractivity contribution is 6.31. The summed E-state index contributed by atoms with van der Waals surface area (Å²) in [7, 11) is 0. The molecule has 1 aliphatic rings. The van der Waals surface area contributed by atoms with Gasteiger partial charge in [0.15, 0.2) is 0 Å². The normalized spacial score (nSPS) is 19.8. The Bertz CT molecular complexity index is 776. The maximum absolute atomic E-state index is 12.6. The van der Waals surface area contributed by atoms with Gasteiger partial charge in [-0.3, -0.25) is 4.79 Å².